The van der Waals surface area contributed by atoms with Gasteiger partial charge in [0.1, 0.15) is 6.61 Å². The van der Waals surface area contributed by atoms with Crippen molar-refractivity contribution in [3.05, 3.63) is 35.9 Å². The molecule has 3 amide bonds. The molecule has 0 saturated carbocycles. The Bertz CT molecular complexity index is 600. The Morgan fingerprint density at radius 2 is 1.75 bits per heavy atom. The summed E-state index contributed by atoms with van der Waals surface area (Å²) in [6.45, 7) is 0.374. The van der Waals surface area contributed by atoms with Gasteiger partial charge in [0.25, 0.3) is 11.8 Å². The Balaban J connectivity index is 1.57. The van der Waals surface area contributed by atoms with Crippen LogP contribution in [0.3, 0.4) is 0 Å². The molecule has 0 aliphatic carbocycles. The first-order valence-electron chi connectivity index (χ1n) is 7.57. The molecule has 1 saturated heterocycles. The number of hydrogen-bond acceptors (Lipinski definition) is 6. The fourth-order valence-electron chi connectivity index (χ4n) is 2.00. The third kappa shape index (κ3) is 5.38. The molecule has 1 fully saturated rings. The van der Waals surface area contributed by atoms with Crippen molar-refractivity contribution in [2.24, 2.45) is 0 Å². The molecular weight excluding hydrogens is 316 g/mol. The highest BCUT2D eigenvalue weighted by atomic mass is 16.7. The van der Waals surface area contributed by atoms with Gasteiger partial charge in [-0.1, -0.05) is 30.3 Å². The molecule has 8 heteroatoms. The van der Waals surface area contributed by atoms with E-state index in [4.69, 9.17) is 9.57 Å². The average Bonchev–Trinajstić information content (AvgIpc) is 2.90. The van der Waals surface area contributed by atoms with Crippen LogP contribution in [0.4, 0.5) is 4.79 Å². The predicted molar refractivity (Wildman–Crippen MR) is 81.0 cm³/mol. The van der Waals surface area contributed by atoms with Crippen molar-refractivity contribution in [2.45, 2.75) is 32.3 Å². The number of hydrogen-bond donors (Lipinski definition) is 1. The van der Waals surface area contributed by atoms with Gasteiger partial charge >= 0.3 is 12.1 Å². The first-order valence-corrected chi connectivity index (χ1v) is 7.57. The van der Waals surface area contributed by atoms with Gasteiger partial charge in [-0.2, -0.15) is 0 Å². The number of ether oxygens (including phenoxy) is 1. The van der Waals surface area contributed by atoms with E-state index in [1.165, 1.54) is 0 Å². The molecule has 0 aromatic heterocycles. The summed E-state index contributed by atoms with van der Waals surface area (Å²) in [6.07, 6.45) is -0.204. The van der Waals surface area contributed by atoms with Crippen LogP contribution >= 0.6 is 0 Å². The summed E-state index contributed by atoms with van der Waals surface area (Å²) in [5.74, 6) is -1.73. The van der Waals surface area contributed by atoms with Gasteiger partial charge in [-0.3, -0.25) is 9.59 Å². The number of rotatable bonds is 7. The van der Waals surface area contributed by atoms with Crippen LogP contribution in [0.15, 0.2) is 30.3 Å². The maximum absolute atomic E-state index is 11.5. The van der Waals surface area contributed by atoms with Gasteiger partial charge in [0.05, 0.1) is 0 Å². The molecule has 1 heterocycles. The van der Waals surface area contributed by atoms with Crippen LogP contribution in [0, 0.1) is 0 Å². The first kappa shape index (κ1) is 17.5. The van der Waals surface area contributed by atoms with Gasteiger partial charge in [-0.25, -0.2) is 9.59 Å². The van der Waals surface area contributed by atoms with Crippen LogP contribution in [-0.4, -0.2) is 35.5 Å². The quantitative estimate of drug-likeness (QED) is 0.596. The lowest BCUT2D eigenvalue weighted by Crippen LogP contribution is -2.32. The summed E-state index contributed by atoms with van der Waals surface area (Å²) in [7, 11) is 0. The summed E-state index contributed by atoms with van der Waals surface area (Å²) < 4.78 is 5.01. The van der Waals surface area contributed by atoms with E-state index in [1.54, 1.807) is 0 Å². The molecule has 8 nitrogen and oxygen atoms in total. The second kappa shape index (κ2) is 8.66. The predicted octanol–water partition coefficient (Wildman–Crippen LogP) is 1.30. The molecule has 1 N–H and O–H groups in total. The highest BCUT2D eigenvalue weighted by Gasteiger charge is 2.32. The highest BCUT2D eigenvalue weighted by molar-refractivity contribution is 6.01. The Morgan fingerprint density at radius 3 is 2.42 bits per heavy atom. The fourth-order valence-corrected chi connectivity index (χ4v) is 2.00. The number of nitrogens with one attached hydrogen (secondary N) is 1. The van der Waals surface area contributed by atoms with Crippen LogP contribution in [0.5, 0.6) is 0 Å². The maximum atomic E-state index is 11.5. The fraction of sp³-hybridized carbons (Fsp3) is 0.375. The van der Waals surface area contributed by atoms with Gasteiger partial charge < -0.3 is 14.9 Å². The zero-order valence-corrected chi connectivity index (χ0v) is 13.0. The van der Waals surface area contributed by atoms with Crippen LogP contribution in [0.1, 0.15) is 31.2 Å². The van der Waals surface area contributed by atoms with Crippen molar-refractivity contribution in [3.8, 4) is 0 Å². The van der Waals surface area contributed by atoms with Crippen LogP contribution in [-0.2, 0) is 30.6 Å². The van der Waals surface area contributed by atoms with Crippen molar-refractivity contribution in [1.82, 2.24) is 10.4 Å². The standard InChI is InChI=1S/C16H18N2O6/c19-13-8-9-14(20)18(13)24-15(21)7-4-10-17-16(22)23-11-12-5-2-1-3-6-12/h1-3,5-6H,4,7-11H2,(H,17,22). The van der Waals surface area contributed by atoms with Crippen LogP contribution < -0.4 is 5.32 Å². The molecule has 0 bridgehead atoms. The number of amides is 3. The van der Waals surface area contributed by atoms with Gasteiger partial charge in [0, 0.05) is 25.8 Å². The van der Waals surface area contributed by atoms with E-state index in [9.17, 15) is 19.2 Å². The molecule has 0 unspecified atom stereocenters. The molecule has 0 spiro atoms. The molecule has 0 radical (unpaired) electrons. The van der Waals surface area contributed by atoms with Crippen molar-refractivity contribution >= 4 is 23.9 Å². The molecule has 24 heavy (non-hydrogen) atoms. The van der Waals surface area contributed by atoms with Crippen molar-refractivity contribution in [1.29, 1.82) is 0 Å². The average molecular weight is 334 g/mol. The second-order valence-corrected chi connectivity index (χ2v) is 5.14. The minimum atomic E-state index is -0.696. The number of alkyl carbamates (subject to hydrolysis) is 1. The van der Waals surface area contributed by atoms with Crippen molar-refractivity contribution < 1.29 is 28.8 Å². The van der Waals surface area contributed by atoms with Crippen molar-refractivity contribution in [2.75, 3.05) is 6.54 Å². The smallest absolute Gasteiger partial charge is 0.407 e. The summed E-state index contributed by atoms with van der Waals surface area (Å²) >= 11 is 0. The minimum absolute atomic E-state index is 0.0317. The molecule has 0 atom stereocenters. The summed E-state index contributed by atoms with van der Waals surface area (Å²) in [6, 6.07) is 9.23. The first-order chi connectivity index (χ1) is 11.6. The molecule has 1 aromatic rings. The topological polar surface area (TPSA) is 102 Å². The summed E-state index contributed by atoms with van der Waals surface area (Å²) in [4.78, 5) is 50.3. The van der Waals surface area contributed by atoms with Crippen molar-refractivity contribution in [3.63, 3.8) is 0 Å². The van der Waals surface area contributed by atoms with E-state index in [0.29, 0.717) is 11.5 Å². The maximum Gasteiger partial charge on any atom is 0.407 e. The number of benzene rings is 1. The molecular formula is C16H18N2O6. The summed E-state index contributed by atoms with van der Waals surface area (Å²) in [5.41, 5.74) is 0.871. The number of carbonyl (C=O) groups excluding carboxylic acids is 4. The molecule has 2 rings (SSSR count). The van der Waals surface area contributed by atoms with E-state index >= 15 is 0 Å². The van der Waals surface area contributed by atoms with Gasteiger partial charge in [-0.05, 0) is 12.0 Å². The van der Waals surface area contributed by atoms with E-state index < -0.39 is 23.9 Å². The van der Waals surface area contributed by atoms with E-state index in [2.05, 4.69) is 5.32 Å². The molecule has 1 aromatic carbocycles. The van der Waals surface area contributed by atoms with E-state index in [1.807, 2.05) is 30.3 Å². The monoisotopic (exact) mass is 334 g/mol. The van der Waals surface area contributed by atoms with Crippen LogP contribution in [0.25, 0.3) is 0 Å². The second-order valence-electron chi connectivity index (χ2n) is 5.14. The molecule has 128 valence electrons. The normalized spacial score (nSPS) is 13.8. The van der Waals surface area contributed by atoms with Gasteiger partial charge in [0.15, 0.2) is 0 Å². The lowest BCUT2D eigenvalue weighted by Gasteiger charge is -2.12. The summed E-state index contributed by atoms with van der Waals surface area (Å²) in [5, 5.41) is 3.01. The largest absolute Gasteiger partial charge is 0.445 e. The van der Waals surface area contributed by atoms with Crippen LogP contribution in [0.2, 0.25) is 0 Å². The lowest BCUT2D eigenvalue weighted by atomic mass is 10.2. The van der Waals surface area contributed by atoms with Gasteiger partial charge in [-0.15, -0.1) is 5.06 Å². The van der Waals surface area contributed by atoms with E-state index in [-0.39, 0.29) is 32.4 Å². The Morgan fingerprint density at radius 1 is 1.08 bits per heavy atom. The Labute approximate surface area is 138 Å². The highest BCUT2D eigenvalue weighted by Crippen LogP contribution is 2.12. The zero-order chi connectivity index (χ0) is 17.4. The van der Waals surface area contributed by atoms with Gasteiger partial charge in [0.2, 0.25) is 0 Å². The number of imide groups is 1. The molecule has 1 aliphatic heterocycles. The molecule has 1 aliphatic rings. The zero-order valence-electron chi connectivity index (χ0n) is 13.0. The lowest BCUT2D eigenvalue weighted by molar-refractivity contribution is -0.197. The Kier molecular flexibility index (Phi) is 6.30. The third-order valence-corrected chi connectivity index (χ3v) is 3.24. The van der Waals surface area contributed by atoms with E-state index in [0.717, 1.165) is 5.56 Å². The minimum Gasteiger partial charge on any atom is -0.445 e. The Hall–Kier alpha value is -2.90. The number of nitrogens with zero attached hydrogens (tertiary/aromatic N) is 1. The number of hydroxylamine groups is 2. The number of carbonyl (C=O) groups is 4. The SMILES string of the molecule is O=C(CCCNC(=O)OCc1ccccc1)ON1C(=O)CCC1=O. The third-order valence-electron chi connectivity index (χ3n) is 3.24.